The summed E-state index contributed by atoms with van der Waals surface area (Å²) in [7, 11) is 0. The lowest BCUT2D eigenvalue weighted by atomic mass is 10.1. The van der Waals surface area contributed by atoms with Gasteiger partial charge in [0.05, 0.1) is 6.42 Å². The van der Waals surface area contributed by atoms with Crippen molar-refractivity contribution in [1.82, 2.24) is 10.2 Å². The third-order valence-electron chi connectivity index (χ3n) is 4.23. The van der Waals surface area contributed by atoms with Gasteiger partial charge in [0, 0.05) is 18.1 Å². The van der Waals surface area contributed by atoms with E-state index in [1.54, 1.807) is 11.0 Å². The number of amides is 2. The van der Waals surface area contributed by atoms with E-state index in [1.165, 1.54) is 0 Å². The van der Waals surface area contributed by atoms with Gasteiger partial charge in [-0.25, -0.2) is 0 Å². The number of benzene rings is 2. The third-order valence-corrected chi connectivity index (χ3v) is 4.60. The molecule has 0 aliphatic carbocycles. The van der Waals surface area contributed by atoms with Crippen molar-refractivity contribution in [2.75, 3.05) is 6.54 Å². The fraction of sp³-hybridized carbons (Fsp3) is 0.333. The molecule has 0 radical (unpaired) electrons. The summed E-state index contributed by atoms with van der Waals surface area (Å²) in [5.41, 5.74) is 1.76. The molecule has 0 aliphatic heterocycles. The van der Waals surface area contributed by atoms with Crippen molar-refractivity contribution in [2.45, 2.75) is 39.3 Å². The summed E-state index contributed by atoms with van der Waals surface area (Å²) in [6.07, 6.45) is 0.718. The Morgan fingerprint density at radius 1 is 1.04 bits per heavy atom. The Morgan fingerprint density at radius 2 is 1.69 bits per heavy atom. The molecule has 0 fully saturated rings. The van der Waals surface area contributed by atoms with Crippen LogP contribution in [0.3, 0.4) is 0 Å². The van der Waals surface area contributed by atoms with E-state index in [1.807, 2.05) is 62.4 Å². The molecule has 0 aromatic heterocycles. The first-order chi connectivity index (χ1) is 12.6. The van der Waals surface area contributed by atoms with Crippen molar-refractivity contribution < 1.29 is 9.59 Å². The minimum atomic E-state index is -0.509. The van der Waals surface area contributed by atoms with E-state index in [0.29, 0.717) is 24.5 Å². The van der Waals surface area contributed by atoms with Gasteiger partial charge in [-0.15, -0.1) is 0 Å². The monoisotopic (exact) mass is 372 g/mol. The average Bonchev–Trinajstić information content (AvgIpc) is 2.64. The van der Waals surface area contributed by atoms with Crippen LogP contribution in [0.2, 0.25) is 5.02 Å². The van der Waals surface area contributed by atoms with Gasteiger partial charge in [0.1, 0.15) is 6.04 Å². The van der Waals surface area contributed by atoms with E-state index in [-0.39, 0.29) is 18.2 Å². The first kappa shape index (κ1) is 20.0. The van der Waals surface area contributed by atoms with E-state index in [4.69, 9.17) is 11.6 Å². The second kappa shape index (κ2) is 9.97. The molecule has 0 saturated heterocycles. The van der Waals surface area contributed by atoms with Gasteiger partial charge in [0.2, 0.25) is 11.8 Å². The number of halogens is 1. The highest BCUT2D eigenvalue weighted by Crippen LogP contribution is 2.19. The van der Waals surface area contributed by atoms with Crippen LogP contribution < -0.4 is 5.32 Å². The van der Waals surface area contributed by atoms with Crippen molar-refractivity contribution in [1.29, 1.82) is 0 Å². The molecule has 0 bridgehead atoms. The van der Waals surface area contributed by atoms with Crippen LogP contribution in [-0.2, 0) is 22.6 Å². The summed E-state index contributed by atoms with van der Waals surface area (Å²) in [5.74, 6) is -0.238. The molecular formula is C21H25ClN2O2. The molecule has 0 heterocycles. The van der Waals surface area contributed by atoms with Crippen LogP contribution in [0.4, 0.5) is 0 Å². The van der Waals surface area contributed by atoms with Crippen LogP contribution in [-0.4, -0.2) is 29.3 Å². The Hall–Kier alpha value is -2.33. The summed E-state index contributed by atoms with van der Waals surface area (Å²) in [6, 6.07) is 16.5. The van der Waals surface area contributed by atoms with Crippen LogP contribution in [0, 0.1) is 0 Å². The van der Waals surface area contributed by atoms with E-state index < -0.39 is 6.04 Å². The molecule has 2 amide bonds. The number of hydrogen-bond acceptors (Lipinski definition) is 2. The SMILES string of the molecule is CCNC(=O)[C@H](CC)N(Cc1ccccc1)C(=O)Cc1ccccc1Cl. The molecule has 0 aliphatic rings. The Bertz CT molecular complexity index is 734. The maximum atomic E-state index is 13.1. The minimum Gasteiger partial charge on any atom is -0.355 e. The molecule has 5 heteroatoms. The van der Waals surface area contributed by atoms with Crippen LogP contribution in [0.5, 0.6) is 0 Å². The van der Waals surface area contributed by atoms with Gasteiger partial charge in [0.15, 0.2) is 0 Å². The Balaban J connectivity index is 2.27. The zero-order valence-corrected chi connectivity index (χ0v) is 16.0. The van der Waals surface area contributed by atoms with E-state index in [9.17, 15) is 9.59 Å². The number of carbonyl (C=O) groups excluding carboxylic acids is 2. The number of rotatable bonds is 8. The summed E-state index contributed by atoms with van der Waals surface area (Å²) in [6.45, 7) is 4.71. The predicted molar refractivity (Wildman–Crippen MR) is 105 cm³/mol. The molecule has 2 aromatic carbocycles. The minimum absolute atomic E-state index is 0.111. The first-order valence-corrected chi connectivity index (χ1v) is 9.29. The third kappa shape index (κ3) is 5.33. The highest BCUT2D eigenvalue weighted by Gasteiger charge is 2.28. The van der Waals surface area contributed by atoms with Gasteiger partial charge in [-0.2, -0.15) is 0 Å². The van der Waals surface area contributed by atoms with Crippen molar-refractivity contribution in [2.24, 2.45) is 0 Å². The molecule has 2 aromatic rings. The highest BCUT2D eigenvalue weighted by atomic mass is 35.5. The molecule has 1 atom stereocenters. The maximum Gasteiger partial charge on any atom is 0.242 e. The van der Waals surface area contributed by atoms with Gasteiger partial charge < -0.3 is 10.2 Å². The van der Waals surface area contributed by atoms with E-state index in [2.05, 4.69) is 5.32 Å². The molecule has 4 nitrogen and oxygen atoms in total. The summed E-state index contributed by atoms with van der Waals surface area (Å²) in [4.78, 5) is 27.2. The standard InChI is InChI=1S/C21H25ClN2O2/c1-3-19(21(26)23-4-2)24(15-16-10-6-5-7-11-16)20(25)14-17-12-8-9-13-18(17)22/h5-13,19H,3-4,14-15H2,1-2H3,(H,23,26)/t19-/m0/s1. The van der Waals surface area contributed by atoms with E-state index in [0.717, 1.165) is 11.1 Å². The van der Waals surface area contributed by atoms with Crippen molar-refractivity contribution in [3.63, 3.8) is 0 Å². The zero-order valence-electron chi connectivity index (χ0n) is 15.2. The normalized spacial score (nSPS) is 11.7. The summed E-state index contributed by atoms with van der Waals surface area (Å²) in [5, 5.41) is 3.40. The van der Waals surface area contributed by atoms with Gasteiger partial charge in [-0.3, -0.25) is 9.59 Å². The van der Waals surface area contributed by atoms with Crippen LogP contribution in [0.25, 0.3) is 0 Å². The van der Waals surface area contributed by atoms with Gasteiger partial charge in [-0.05, 0) is 30.5 Å². The zero-order chi connectivity index (χ0) is 18.9. The van der Waals surface area contributed by atoms with Gasteiger partial charge in [0.25, 0.3) is 0 Å². The first-order valence-electron chi connectivity index (χ1n) is 8.91. The molecular weight excluding hydrogens is 348 g/mol. The molecule has 0 spiro atoms. The molecule has 26 heavy (non-hydrogen) atoms. The summed E-state index contributed by atoms with van der Waals surface area (Å²) >= 11 is 6.21. The summed E-state index contributed by atoms with van der Waals surface area (Å²) < 4.78 is 0. The fourth-order valence-electron chi connectivity index (χ4n) is 2.90. The quantitative estimate of drug-likeness (QED) is 0.765. The van der Waals surface area contributed by atoms with Crippen LogP contribution >= 0.6 is 11.6 Å². The number of nitrogens with zero attached hydrogens (tertiary/aromatic N) is 1. The number of hydrogen-bond donors (Lipinski definition) is 1. The number of likely N-dealkylation sites (N-methyl/N-ethyl adjacent to an activating group) is 1. The number of nitrogens with one attached hydrogen (secondary N) is 1. The van der Waals surface area contributed by atoms with E-state index >= 15 is 0 Å². The van der Waals surface area contributed by atoms with Crippen molar-refractivity contribution >= 4 is 23.4 Å². The molecule has 2 rings (SSSR count). The largest absolute Gasteiger partial charge is 0.355 e. The molecule has 0 saturated carbocycles. The lowest BCUT2D eigenvalue weighted by Gasteiger charge is -2.30. The lowest BCUT2D eigenvalue weighted by molar-refractivity contribution is -0.140. The second-order valence-corrected chi connectivity index (χ2v) is 6.50. The van der Waals surface area contributed by atoms with Crippen molar-refractivity contribution in [3.05, 3.63) is 70.7 Å². The maximum absolute atomic E-state index is 13.1. The molecule has 0 unspecified atom stereocenters. The van der Waals surface area contributed by atoms with Crippen molar-refractivity contribution in [3.8, 4) is 0 Å². The topological polar surface area (TPSA) is 49.4 Å². The average molecular weight is 373 g/mol. The lowest BCUT2D eigenvalue weighted by Crippen LogP contribution is -2.49. The number of carbonyl (C=O) groups is 2. The van der Waals surface area contributed by atoms with Crippen LogP contribution in [0.15, 0.2) is 54.6 Å². The second-order valence-electron chi connectivity index (χ2n) is 6.09. The Kier molecular flexibility index (Phi) is 7.67. The highest BCUT2D eigenvalue weighted by molar-refractivity contribution is 6.31. The fourth-order valence-corrected chi connectivity index (χ4v) is 3.10. The van der Waals surface area contributed by atoms with Gasteiger partial charge >= 0.3 is 0 Å². The predicted octanol–water partition coefficient (Wildman–Crippen LogP) is 3.83. The Labute approximate surface area is 160 Å². The van der Waals surface area contributed by atoms with Crippen LogP contribution in [0.1, 0.15) is 31.4 Å². The smallest absolute Gasteiger partial charge is 0.242 e. The molecule has 138 valence electrons. The van der Waals surface area contributed by atoms with Gasteiger partial charge in [-0.1, -0.05) is 67.1 Å². The Morgan fingerprint density at radius 3 is 2.31 bits per heavy atom. The molecule has 1 N–H and O–H groups in total.